The summed E-state index contributed by atoms with van der Waals surface area (Å²) in [6.07, 6.45) is 33.0. The van der Waals surface area contributed by atoms with E-state index in [2.05, 4.69) is 13.8 Å². The van der Waals surface area contributed by atoms with E-state index in [1.54, 1.807) is 11.8 Å². The third kappa shape index (κ3) is 24.9. The molecular weight excluding hydrogens is 430 g/mol. The molecule has 1 atom stereocenters. The van der Waals surface area contributed by atoms with Crippen molar-refractivity contribution in [2.75, 3.05) is 6.54 Å². The van der Waals surface area contributed by atoms with Crippen molar-refractivity contribution in [3.05, 3.63) is 0 Å². The van der Waals surface area contributed by atoms with Gasteiger partial charge in [-0.3, -0.25) is 4.79 Å². The third-order valence-electron chi connectivity index (χ3n) is 7.52. The smallest absolute Gasteiger partial charge is 0.224 e. The van der Waals surface area contributed by atoms with Gasteiger partial charge in [-0.05, 0) is 19.8 Å². The normalized spacial score (nSPS) is 12.2. The van der Waals surface area contributed by atoms with E-state index in [0.717, 1.165) is 19.3 Å². The molecule has 0 aromatic rings. The summed E-state index contributed by atoms with van der Waals surface area (Å²) < 4.78 is 0. The fraction of sp³-hybridized carbons (Fsp3) is 0.969. The number of hydrogen-bond donors (Lipinski definition) is 1. The summed E-state index contributed by atoms with van der Waals surface area (Å²) in [4.78, 5) is 14.3. The van der Waals surface area contributed by atoms with Gasteiger partial charge in [0.1, 0.15) is 6.23 Å². The van der Waals surface area contributed by atoms with Gasteiger partial charge in [-0.15, -0.1) is 0 Å². The zero-order valence-corrected chi connectivity index (χ0v) is 24.5. The van der Waals surface area contributed by atoms with Crippen LogP contribution in [0, 0.1) is 0 Å². The van der Waals surface area contributed by atoms with Crippen LogP contribution in [-0.4, -0.2) is 28.7 Å². The lowest BCUT2D eigenvalue weighted by Gasteiger charge is -2.25. The zero-order chi connectivity index (χ0) is 25.8. The molecule has 0 aromatic carbocycles. The molecule has 1 unspecified atom stereocenters. The standard InChI is InChI=1S/C32H65NO2/c1-4-6-8-10-12-14-16-17-18-19-20-21-23-25-27-29-32(35)33(31(3)34)30-28-26-24-22-15-13-11-9-7-5-2/h31,34H,4-30H2,1-3H3. The van der Waals surface area contributed by atoms with Crippen LogP contribution >= 0.6 is 0 Å². The van der Waals surface area contributed by atoms with Crippen molar-refractivity contribution < 1.29 is 9.90 Å². The highest BCUT2D eigenvalue weighted by molar-refractivity contribution is 5.76. The van der Waals surface area contributed by atoms with Gasteiger partial charge in [0.25, 0.3) is 0 Å². The van der Waals surface area contributed by atoms with Crippen molar-refractivity contribution >= 4 is 5.91 Å². The monoisotopic (exact) mass is 496 g/mol. The van der Waals surface area contributed by atoms with Crippen LogP contribution in [-0.2, 0) is 4.79 Å². The number of unbranched alkanes of at least 4 members (excludes halogenated alkanes) is 23. The molecule has 1 amide bonds. The first kappa shape index (κ1) is 34.4. The summed E-state index contributed by atoms with van der Waals surface area (Å²) in [7, 11) is 0. The maximum Gasteiger partial charge on any atom is 0.224 e. The number of hydrogen-bond acceptors (Lipinski definition) is 2. The number of carbonyl (C=O) groups is 1. The first-order valence-electron chi connectivity index (χ1n) is 16.1. The number of amides is 1. The summed E-state index contributed by atoms with van der Waals surface area (Å²) in [5, 5.41) is 10.1. The Kier molecular flexibility index (Phi) is 27.6. The van der Waals surface area contributed by atoms with E-state index in [1.807, 2.05) is 0 Å². The van der Waals surface area contributed by atoms with Crippen LogP contribution in [0.25, 0.3) is 0 Å². The van der Waals surface area contributed by atoms with E-state index in [-0.39, 0.29) is 5.91 Å². The summed E-state index contributed by atoms with van der Waals surface area (Å²) in [6, 6.07) is 0. The lowest BCUT2D eigenvalue weighted by molar-refractivity contribution is -0.140. The zero-order valence-electron chi connectivity index (χ0n) is 24.5. The van der Waals surface area contributed by atoms with Crippen LogP contribution in [0.15, 0.2) is 0 Å². The lowest BCUT2D eigenvalue weighted by atomic mass is 10.0. The van der Waals surface area contributed by atoms with Crippen LogP contribution in [0.5, 0.6) is 0 Å². The minimum atomic E-state index is -0.655. The van der Waals surface area contributed by atoms with Crippen molar-refractivity contribution in [1.29, 1.82) is 0 Å². The van der Waals surface area contributed by atoms with Crippen molar-refractivity contribution in [1.82, 2.24) is 4.90 Å². The third-order valence-corrected chi connectivity index (χ3v) is 7.52. The molecule has 0 saturated heterocycles. The Morgan fingerprint density at radius 3 is 1.11 bits per heavy atom. The highest BCUT2D eigenvalue weighted by atomic mass is 16.3. The van der Waals surface area contributed by atoms with Crippen molar-refractivity contribution in [3.63, 3.8) is 0 Å². The summed E-state index contributed by atoms with van der Waals surface area (Å²) in [6.45, 7) is 7.00. The molecule has 0 aliphatic rings. The fourth-order valence-electron chi connectivity index (χ4n) is 5.08. The second-order valence-electron chi connectivity index (χ2n) is 11.1. The van der Waals surface area contributed by atoms with Gasteiger partial charge in [0.2, 0.25) is 5.91 Å². The Labute approximate surface area is 221 Å². The van der Waals surface area contributed by atoms with Crippen LogP contribution in [0.3, 0.4) is 0 Å². The number of carbonyl (C=O) groups excluding carboxylic acids is 1. The van der Waals surface area contributed by atoms with E-state index < -0.39 is 6.23 Å². The minimum Gasteiger partial charge on any atom is -0.374 e. The molecule has 0 aromatic heterocycles. The van der Waals surface area contributed by atoms with Crippen LogP contribution in [0.2, 0.25) is 0 Å². The first-order valence-corrected chi connectivity index (χ1v) is 16.1. The van der Waals surface area contributed by atoms with Crippen molar-refractivity contribution in [3.8, 4) is 0 Å². The number of aliphatic hydroxyl groups is 1. The van der Waals surface area contributed by atoms with E-state index in [4.69, 9.17) is 0 Å². The summed E-state index contributed by atoms with van der Waals surface area (Å²) in [5.41, 5.74) is 0. The molecule has 0 fully saturated rings. The molecule has 35 heavy (non-hydrogen) atoms. The van der Waals surface area contributed by atoms with Crippen molar-refractivity contribution in [2.45, 2.75) is 194 Å². The number of rotatable bonds is 28. The molecule has 0 heterocycles. The van der Waals surface area contributed by atoms with Gasteiger partial charge in [0.15, 0.2) is 0 Å². The maximum absolute atomic E-state index is 12.6. The molecule has 0 aliphatic heterocycles. The van der Waals surface area contributed by atoms with Gasteiger partial charge in [0, 0.05) is 13.0 Å². The molecule has 210 valence electrons. The Hall–Kier alpha value is -0.570. The van der Waals surface area contributed by atoms with Gasteiger partial charge in [-0.25, -0.2) is 0 Å². The van der Waals surface area contributed by atoms with E-state index in [1.165, 1.54) is 141 Å². The molecule has 0 radical (unpaired) electrons. The number of aliphatic hydroxyl groups excluding tert-OH is 1. The van der Waals surface area contributed by atoms with Gasteiger partial charge in [0.05, 0.1) is 0 Å². The summed E-state index contributed by atoms with van der Waals surface area (Å²) in [5.74, 6) is 0.144. The second-order valence-corrected chi connectivity index (χ2v) is 11.1. The second kappa shape index (κ2) is 28.0. The SMILES string of the molecule is CCCCCCCCCCCCCCCCCC(=O)N(CCCCCCCCCCCC)C(C)O. The largest absolute Gasteiger partial charge is 0.374 e. The average Bonchev–Trinajstić information content (AvgIpc) is 2.84. The van der Waals surface area contributed by atoms with Gasteiger partial charge in [-0.1, -0.05) is 162 Å². The van der Waals surface area contributed by atoms with Gasteiger partial charge < -0.3 is 10.0 Å². The predicted octanol–water partition coefficient (Wildman–Crippen LogP) is 10.3. The van der Waals surface area contributed by atoms with Gasteiger partial charge in [-0.2, -0.15) is 0 Å². The molecule has 1 N–H and O–H groups in total. The molecule has 0 saturated carbocycles. The molecular formula is C32H65NO2. The van der Waals surface area contributed by atoms with Crippen LogP contribution in [0.1, 0.15) is 188 Å². The molecule has 0 aliphatic carbocycles. The molecule has 3 heteroatoms. The quantitative estimate of drug-likeness (QED) is 0.0866. The van der Waals surface area contributed by atoms with Crippen LogP contribution in [0.4, 0.5) is 0 Å². The van der Waals surface area contributed by atoms with E-state index in [0.29, 0.717) is 13.0 Å². The van der Waals surface area contributed by atoms with Crippen LogP contribution < -0.4 is 0 Å². The first-order chi connectivity index (χ1) is 17.1. The van der Waals surface area contributed by atoms with Gasteiger partial charge >= 0.3 is 0 Å². The Bertz CT molecular complexity index is 424. The highest BCUT2D eigenvalue weighted by Gasteiger charge is 2.17. The molecule has 0 bridgehead atoms. The molecule has 0 rings (SSSR count). The van der Waals surface area contributed by atoms with E-state index >= 15 is 0 Å². The Balaban J connectivity index is 3.54. The predicted molar refractivity (Wildman–Crippen MR) is 155 cm³/mol. The highest BCUT2D eigenvalue weighted by Crippen LogP contribution is 2.15. The maximum atomic E-state index is 12.6. The Morgan fingerprint density at radius 1 is 0.514 bits per heavy atom. The average molecular weight is 496 g/mol. The Morgan fingerprint density at radius 2 is 0.800 bits per heavy atom. The fourth-order valence-corrected chi connectivity index (χ4v) is 5.08. The summed E-state index contributed by atoms with van der Waals surface area (Å²) >= 11 is 0. The van der Waals surface area contributed by atoms with Crippen molar-refractivity contribution in [2.24, 2.45) is 0 Å². The topological polar surface area (TPSA) is 40.5 Å². The lowest BCUT2D eigenvalue weighted by Crippen LogP contribution is -2.39. The molecule has 3 nitrogen and oxygen atoms in total. The number of nitrogens with zero attached hydrogens (tertiary/aromatic N) is 1. The molecule has 0 spiro atoms. The van der Waals surface area contributed by atoms with E-state index in [9.17, 15) is 9.90 Å². The minimum absolute atomic E-state index is 0.144.